The second-order valence-corrected chi connectivity index (χ2v) is 8.84. The zero-order valence-corrected chi connectivity index (χ0v) is 18.8. The van der Waals surface area contributed by atoms with E-state index in [0.717, 1.165) is 12.1 Å². The Morgan fingerprint density at radius 3 is 2.25 bits per heavy atom. The number of fused-ring (bicyclic) bond motifs is 1. The van der Waals surface area contributed by atoms with E-state index in [9.17, 15) is 43.9 Å². The van der Waals surface area contributed by atoms with Crippen LogP contribution < -0.4 is 10.2 Å². The summed E-state index contributed by atoms with van der Waals surface area (Å²) in [7, 11) is -5.19. The van der Waals surface area contributed by atoms with E-state index in [0.29, 0.717) is 0 Å². The van der Waals surface area contributed by atoms with Crippen LogP contribution in [0.2, 0.25) is 0 Å². The van der Waals surface area contributed by atoms with Crippen LogP contribution in [0.5, 0.6) is 23.0 Å². The van der Waals surface area contributed by atoms with E-state index in [1.807, 2.05) is 0 Å². The van der Waals surface area contributed by atoms with Gasteiger partial charge in [0.15, 0.2) is 5.76 Å². The summed E-state index contributed by atoms with van der Waals surface area (Å²) in [5.41, 5.74) is -1.11. The highest BCUT2D eigenvalue weighted by Gasteiger charge is 2.49. The fourth-order valence-corrected chi connectivity index (χ4v) is 4.21. The van der Waals surface area contributed by atoms with Crippen LogP contribution in [0, 0.1) is 0 Å². The van der Waals surface area contributed by atoms with Gasteiger partial charge >= 0.3 is 10.4 Å². The van der Waals surface area contributed by atoms with Crippen molar-refractivity contribution in [3.63, 3.8) is 0 Å². The van der Waals surface area contributed by atoms with Crippen molar-refractivity contribution in [1.82, 2.24) is 0 Å². The largest absolute Gasteiger partial charge is 0.508 e. The molecule has 0 unspecified atom stereocenters. The zero-order valence-electron chi connectivity index (χ0n) is 18.0. The first-order chi connectivity index (χ1) is 16.9. The smallest absolute Gasteiger partial charge is 0.397 e. The molecule has 194 valence electrons. The number of aromatic hydroxyl groups is 3. The van der Waals surface area contributed by atoms with E-state index in [-0.39, 0.29) is 22.7 Å². The molecule has 14 nitrogen and oxygen atoms in total. The minimum Gasteiger partial charge on any atom is -0.508 e. The topological polar surface area (TPSA) is 234 Å². The molecule has 36 heavy (non-hydrogen) atoms. The van der Waals surface area contributed by atoms with E-state index in [1.165, 1.54) is 24.3 Å². The summed E-state index contributed by atoms with van der Waals surface area (Å²) in [6, 6.07) is 7.08. The molecule has 4 rings (SSSR count). The van der Waals surface area contributed by atoms with Crippen LogP contribution in [0.25, 0.3) is 22.3 Å². The molecule has 1 aliphatic heterocycles. The SMILES string of the molecule is O=c1c(O[C@H]2O[C@@H](CO)[C@H](O)[C@H](OS(=O)(=O)O)[C@H]2O)c(-c2ccc(O)cc2)oc2cc(O)cc(O)c12. The summed E-state index contributed by atoms with van der Waals surface area (Å²) in [5.74, 6) is -2.22. The molecule has 0 amide bonds. The van der Waals surface area contributed by atoms with Gasteiger partial charge in [0.05, 0.1) is 6.61 Å². The molecule has 15 heteroatoms. The highest BCUT2D eigenvalue weighted by atomic mass is 32.3. The van der Waals surface area contributed by atoms with E-state index < -0.39 is 75.8 Å². The third-order valence-electron chi connectivity index (χ3n) is 5.34. The summed E-state index contributed by atoms with van der Waals surface area (Å²) < 4.78 is 52.3. The molecule has 0 bridgehead atoms. The third-order valence-corrected chi connectivity index (χ3v) is 5.80. The minimum atomic E-state index is -5.19. The molecule has 1 fully saturated rings. The predicted molar refractivity (Wildman–Crippen MR) is 118 cm³/mol. The standard InChI is InChI=1S/C21H20O14S/c22-7-13-15(26)19(35-36(29,30)31)17(28)21(33-13)34-20-16(27)14-11(25)5-10(24)6-12(14)32-18(20)8-1-3-9(23)4-2-8/h1-6,13,15,17,19,21-26,28H,7H2,(H,29,30,31)/t13-,15-,17+,19-,21+/m0/s1. The van der Waals surface area contributed by atoms with E-state index in [4.69, 9.17) is 18.4 Å². The van der Waals surface area contributed by atoms with Gasteiger partial charge in [-0.05, 0) is 24.3 Å². The molecule has 2 heterocycles. The number of benzene rings is 2. The number of aliphatic hydroxyl groups excluding tert-OH is 3. The molecule has 0 aliphatic carbocycles. The van der Waals surface area contributed by atoms with Crippen LogP contribution >= 0.6 is 0 Å². The second kappa shape index (κ2) is 9.55. The van der Waals surface area contributed by atoms with Crippen LogP contribution in [-0.2, 0) is 19.3 Å². The Bertz CT molecular complexity index is 1430. The van der Waals surface area contributed by atoms with Crippen LogP contribution in [-0.4, -0.2) is 80.9 Å². The third kappa shape index (κ3) is 4.93. The van der Waals surface area contributed by atoms with Crippen molar-refractivity contribution < 1.29 is 61.7 Å². The first-order valence-corrected chi connectivity index (χ1v) is 11.5. The molecule has 2 aromatic carbocycles. The fourth-order valence-electron chi connectivity index (χ4n) is 3.70. The lowest BCUT2D eigenvalue weighted by molar-refractivity contribution is -0.272. The Balaban J connectivity index is 1.86. The molecule has 0 saturated carbocycles. The first-order valence-electron chi connectivity index (χ1n) is 10.2. The molecule has 0 spiro atoms. The Morgan fingerprint density at radius 2 is 1.64 bits per heavy atom. The molecule has 0 radical (unpaired) electrons. The summed E-state index contributed by atoms with van der Waals surface area (Å²) >= 11 is 0. The maximum atomic E-state index is 13.3. The minimum absolute atomic E-state index is 0.129. The van der Waals surface area contributed by atoms with E-state index >= 15 is 0 Å². The predicted octanol–water partition coefficient (Wildman–Crippen LogP) is -0.417. The van der Waals surface area contributed by atoms with Gasteiger partial charge < -0.3 is 44.5 Å². The fraction of sp³-hybridized carbons (Fsp3) is 0.286. The Morgan fingerprint density at radius 1 is 0.972 bits per heavy atom. The Kier molecular flexibility index (Phi) is 6.80. The quantitative estimate of drug-likeness (QED) is 0.201. The van der Waals surface area contributed by atoms with Gasteiger partial charge in [-0.2, -0.15) is 8.42 Å². The summed E-state index contributed by atoms with van der Waals surface area (Å²) in [6.45, 7) is -0.906. The number of ether oxygens (including phenoxy) is 2. The van der Waals surface area contributed by atoms with Crippen LogP contribution in [0.15, 0.2) is 45.6 Å². The van der Waals surface area contributed by atoms with E-state index in [2.05, 4.69) is 4.18 Å². The zero-order chi connectivity index (χ0) is 26.4. The van der Waals surface area contributed by atoms with Crippen molar-refractivity contribution in [1.29, 1.82) is 0 Å². The van der Waals surface area contributed by atoms with Crippen molar-refractivity contribution in [3.8, 4) is 34.3 Å². The van der Waals surface area contributed by atoms with Gasteiger partial charge in [0, 0.05) is 17.7 Å². The lowest BCUT2D eigenvalue weighted by Crippen LogP contribution is -2.61. The summed E-state index contributed by atoms with van der Waals surface area (Å²) in [4.78, 5) is 13.3. The molecule has 5 atom stereocenters. The van der Waals surface area contributed by atoms with Gasteiger partial charge in [0.25, 0.3) is 0 Å². The molecule has 7 N–H and O–H groups in total. The first kappa shape index (κ1) is 25.6. The number of phenolic OH excluding ortho intramolecular Hbond substituents is 3. The molecule has 1 aliphatic rings. The second-order valence-electron chi connectivity index (χ2n) is 7.79. The van der Waals surface area contributed by atoms with Crippen molar-refractivity contribution in [2.75, 3.05) is 6.61 Å². The maximum absolute atomic E-state index is 13.3. The van der Waals surface area contributed by atoms with Gasteiger partial charge in [-0.1, -0.05) is 0 Å². The molecule has 1 aromatic heterocycles. The number of aliphatic hydroxyl groups is 3. The van der Waals surface area contributed by atoms with Crippen molar-refractivity contribution in [2.45, 2.75) is 30.7 Å². The van der Waals surface area contributed by atoms with Crippen LogP contribution in [0.3, 0.4) is 0 Å². The van der Waals surface area contributed by atoms with Gasteiger partial charge in [0.2, 0.25) is 17.5 Å². The lowest BCUT2D eigenvalue weighted by atomic mass is 9.99. The summed E-state index contributed by atoms with van der Waals surface area (Å²) in [5, 5.41) is 59.5. The van der Waals surface area contributed by atoms with Gasteiger partial charge in [-0.25, -0.2) is 4.18 Å². The number of hydrogen-bond acceptors (Lipinski definition) is 13. The summed E-state index contributed by atoms with van der Waals surface area (Å²) in [6.07, 6.45) is -9.71. The highest BCUT2D eigenvalue weighted by Crippen LogP contribution is 2.37. The average Bonchev–Trinajstić information content (AvgIpc) is 2.79. The highest BCUT2D eigenvalue weighted by molar-refractivity contribution is 7.80. The van der Waals surface area contributed by atoms with Gasteiger partial charge in [0.1, 0.15) is 52.6 Å². The molecular formula is C21H20O14S. The van der Waals surface area contributed by atoms with Crippen molar-refractivity contribution in [3.05, 3.63) is 46.6 Å². The monoisotopic (exact) mass is 528 g/mol. The molecule has 1 saturated heterocycles. The van der Waals surface area contributed by atoms with Crippen LogP contribution in [0.1, 0.15) is 0 Å². The van der Waals surface area contributed by atoms with Crippen molar-refractivity contribution >= 4 is 21.4 Å². The molecule has 3 aromatic rings. The van der Waals surface area contributed by atoms with E-state index in [1.54, 1.807) is 0 Å². The lowest BCUT2D eigenvalue weighted by Gasteiger charge is -2.40. The average molecular weight is 528 g/mol. The molecular weight excluding hydrogens is 508 g/mol. The maximum Gasteiger partial charge on any atom is 0.397 e. The normalized spacial score (nSPS) is 24.6. The van der Waals surface area contributed by atoms with Crippen molar-refractivity contribution in [2.24, 2.45) is 0 Å². The Labute approximate surface area is 201 Å². The number of phenols is 3. The van der Waals surface area contributed by atoms with Gasteiger partial charge in [-0.15, -0.1) is 0 Å². The van der Waals surface area contributed by atoms with Crippen LogP contribution in [0.4, 0.5) is 0 Å². The number of rotatable bonds is 6. The van der Waals surface area contributed by atoms with Gasteiger partial charge in [-0.3, -0.25) is 9.35 Å². The Hall–Kier alpha value is -3.44. The number of hydrogen-bond donors (Lipinski definition) is 7.